The van der Waals surface area contributed by atoms with Crippen LogP contribution in [0.25, 0.3) is 21.9 Å². The molecule has 0 aliphatic rings. The van der Waals surface area contributed by atoms with E-state index < -0.39 is 28.7 Å². The van der Waals surface area contributed by atoms with Crippen molar-refractivity contribution in [2.45, 2.75) is 22.5 Å². The minimum Gasteiger partial charge on any atom is -0.505 e. The molecule has 0 aliphatic heterocycles. The van der Waals surface area contributed by atoms with Gasteiger partial charge < -0.3 is 18.8 Å². The van der Waals surface area contributed by atoms with Crippen molar-refractivity contribution < 1.29 is 27.4 Å². The maximum Gasteiger partial charge on any atom is 0.416 e. The highest BCUT2D eigenvalue weighted by Gasteiger charge is 2.30. The monoisotopic (exact) mass is 525 g/mol. The van der Waals surface area contributed by atoms with Gasteiger partial charge in [0.15, 0.2) is 11.3 Å². The number of rotatable bonds is 5. The van der Waals surface area contributed by atoms with Crippen molar-refractivity contribution in [3.05, 3.63) is 105 Å². The molecule has 0 fully saturated rings. The van der Waals surface area contributed by atoms with Gasteiger partial charge in [0.1, 0.15) is 16.0 Å². The Morgan fingerprint density at radius 1 is 0.973 bits per heavy atom. The number of hydrogen-bond donors (Lipinski definition) is 1. The number of nitrogens with zero attached hydrogens (tertiary/aromatic N) is 1. The first-order valence-corrected chi connectivity index (χ1v) is 11.8. The fourth-order valence-electron chi connectivity index (χ4n) is 4.12. The van der Waals surface area contributed by atoms with Gasteiger partial charge in [0.25, 0.3) is 5.56 Å². The standard InChI is InChI=1S/C27H18F3NO5S/c1-35-20-9-5-2-6-15(20)14-31-19-8-4-3-7-18(19)23-21(25(31)33)22(32)24(26(34)36-23)37-17-12-10-16(11-13-17)27(28,29)30/h2-13,32H,14H2,1H3. The molecule has 0 saturated carbocycles. The molecule has 2 heterocycles. The van der Waals surface area contributed by atoms with E-state index in [1.807, 2.05) is 0 Å². The Hall–Kier alpha value is -4.18. The molecule has 0 atom stereocenters. The molecular weight excluding hydrogens is 507 g/mol. The fraction of sp³-hybridized carbons (Fsp3) is 0.111. The van der Waals surface area contributed by atoms with Crippen LogP contribution in [0.2, 0.25) is 0 Å². The van der Waals surface area contributed by atoms with Crippen molar-refractivity contribution in [1.29, 1.82) is 0 Å². The van der Waals surface area contributed by atoms with Crippen molar-refractivity contribution in [1.82, 2.24) is 4.57 Å². The Morgan fingerprint density at radius 3 is 2.35 bits per heavy atom. The number of hydrogen-bond acceptors (Lipinski definition) is 6. The third kappa shape index (κ3) is 4.44. The minimum atomic E-state index is -4.51. The van der Waals surface area contributed by atoms with Gasteiger partial charge in [0.05, 0.1) is 24.7 Å². The zero-order valence-corrected chi connectivity index (χ0v) is 20.0. The van der Waals surface area contributed by atoms with Gasteiger partial charge in [-0.1, -0.05) is 42.1 Å². The maximum atomic E-state index is 13.7. The summed E-state index contributed by atoms with van der Waals surface area (Å²) in [7, 11) is 1.52. The van der Waals surface area contributed by atoms with Gasteiger partial charge in [-0.05, 0) is 42.5 Å². The summed E-state index contributed by atoms with van der Waals surface area (Å²) in [6, 6.07) is 18.1. The molecule has 5 rings (SSSR count). The van der Waals surface area contributed by atoms with Crippen LogP contribution in [0.15, 0.2) is 96.6 Å². The van der Waals surface area contributed by atoms with Crippen LogP contribution < -0.4 is 15.9 Å². The molecule has 0 bridgehead atoms. The van der Waals surface area contributed by atoms with Crippen molar-refractivity contribution in [2.75, 3.05) is 7.11 Å². The lowest BCUT2D eigenvalue weighted by Crippen LogP contribution is -2.23. The number of pyridine rings is 1. The molecule has 0 aliphatic carbocycles. The molecule has 6 nitrogen and oxygen atoms in total. The summed E-state index contributed by atoms with van der Waals surface area (Å²) >= 11 is 0.713. The molecule has 188 valence electrons. The number of halogens is 3. The molecule has 5 aromatic rings. The van der Waals surface area contributed by atoms with Crippen molar-refractivity contribution in [3.63, 3.8) is 0 Å². The van der Waals surface area contributed by atoms with Crippen LogP contribution in [-0.2, 0) is 12.7 Å². The molecular formula is C27H18F3NO5S. The average Bonchev–Trinajstić information content (AvgIpc) is 2.88. The molecule has 0 spiro atoms. The van der Waals surface area contributed by atoms with Gasteiger partial charge in [-0.25, -0.2) is 4.79 Å². The molecule has 2 aromatic heterocycles. The summed E-state index contributed by atoms with van der Waals surface area (Å²) in [5.41, 5.74) is -1.24. The number of aromatic nitrogens is 1. The normalized spacial score (nSPS) is 11.8. The van der Waals surface area contributed by atoms with Crippen LogP contribution in [0, 0.1) is 0 Å². The van der Waals surface area contributed by atoms with Crippen LogP contribution in [-0.4, -0.2) is 16.8 Å². The smallest absolute Gasteiger partial charge is 0.416 e. The van der Waals surface area contributed by atoms with E-state index >= 15 is 0 Å². The molecule has 1 N–H and O–H groups in total. The topological polar surface area (TPSA) is 81.7 Å². The Kier molecular flexibility index (Phi) is 6.20. The fourth-order valence-corrected chi connectivity index (χ4v) is 4.95. The number of methoxy groups -OCH3 is 1. The Morgan fingerprint density at radius 2 is 1.65 bits per heavy atom. The Labute approximate surface area is 211 Å². The van der Waals surface area contributed by atoms with E-state index in [9.17, 15) is 27.9 Å². The number of benzene rings is 3. The molecule has 0 unspecified atom stereocenters. The van der Waals surface area contributed by atoms with Crippen LogP contribution in [0.3, 0.4) is 0 Å². The van der Waals surface area contributed by atoms with Crippen LogP contribution in [0.5, 0.6) is 11.5 Å². The lowest BCUT2D eigenvalue weighted by Gasteiger charge is -2.15. The molecule has 10 heteroatoms. The predicted molar refractivity (Wildman–Crippen MR) is 134 cm³/mol. The summed E-state index contributed by atoms with van der Waals surface area (Å²) in [5.74, 6) is -0.0263. The molecule has 37 heavy (non-hydrogen) atoms. The van der Waals surface area contributed by atoms with Gasteiger partial charge in [-0.2, -0.15) is 13.2 Å². The summed E-state index contributed by atoms with van der Waals surface area (Å²) in [6.45, 7) is 0.110. The average molecular weight is 526 g/mol. The van der Waals surface area contributed by atoms with Crippen molar-refractivity contribution in [3.8, 4) is 11.5 Å². The van der Waals surface area contributed by atoms with Crippen LogP contribution in [0.4, 0.5) is 13.2 Å². The molecule has 0 amide bonds. The number of aromatic hydroxyl groups is 1. The van der Waals surface area contributed by atoms with Crippen LogP contribution in [0.1, 0.15) is 11.1 Å². The van der Waals surface area contributed by atoms with E-state index in [1.165, 1.54) is 23.8 Å². The zero-order chi connectivity index (χ0) is 26.3. The van der Waals surface area contributed by atoms with Crippen LogP contribution >= 0.6 is 11.8 Å². The van der Waals surface area contributed by atoms with Gasteiger partial charge in [-0.15, -0.1) is 0 Å². The first kappa shape index (κ1) is 24.5. The maximum absolute atomic E-state index is 13.7. The van der Waals surface area contributed by atoms with Gasteiger partial charge in [-0.3, -0.25) is 4.79 Å². The summed E-state index contributed by atoms with van der Waals surface area (Å²) < 4.78 is 51.1. The van der Waals surface area contributed by atoms with E-state index in [-0.39, 0.29) is 27.3 Å². The lowest BCUT2D eigenvalue weighted by atomic mass is 10.1. The summed E-state index contributed by atoms with van der Waals surface area (Å²) in [6.07, 6.45) is -4.51. The highest BCUT2D eigenvalue weighted by Crippen LogP contribution is 2.38. The summed E-state index contributed by atoms with van der Waals surface area (Å²) in [4.78, 5) is 26.5. The van der Waals surface area contributed by atoms with E-state index in [1.54, 1.807) is 48.5 Å². The second-order valence-corrected chi connectivity index (χ2v) is 9.20. The lowest BCUT2D eigenvalue weighted by molar-refractivity contribution is -0.137. The number of para-hydroxylation sites is 2. The minimum absolute atomic E-state index is 0.0730. The van der Waals surface area contributed by atoms with E-state index in [0.29, 0.717) is 34.0 Å². The number of fused-ring (bicyclic) bond motifs is 3. The summed E-state index contributed by atoms with van der Waals surface area (Å²) in [5, 5.41) is 11.3. The third-order valence-electron chi connectivity index (χ3n) is 5.88. The Balaban J connectivity index is 1.70. The predicted octanol–water partition coefficient (Wildman–Crippen LogP) is 6.04. The highest BCUT2D eigenvalue weighted by molar-refractivity contribution is 7.99. The molecule has 3 aromatic carbocycles. The third-order valence-corrected chi connectivity index (χ3v) is 6.95. The molecule has 0 radical (unpaired) electrons. The van der Waals surface area contributed by atoms with E-state index in [4.69, 9.17) is 9.15 Å². The van der Waals surface area contributed by atoms with Crippen molar-refractivity contribution in [2.24, 2.45) is 0 Å². The van der Waals surface area contributed by atoms with E-state index in [2.05, 4.69) is 0 Å². The number of ether oxygens (including phenoxy) is 1. The zero-order valence-electron chi connectivity index (χ0n) is 19.2. The first-order chi connectivity index (χ1) is 17.7. The van der Waals surface area contributed by atoms with Gasteiger partial charge in [0.2, 0.25) is 0 Å². The van der Waals surface area contributed by atoms with Gasteiger partial charge >= 0.3 is 11.8 Å². The number of alkyl halides is 3. The Bertz CT molecular complexity index is 1760. The van der Waals surface area contributed by atoms with Crippen molar-refractivity contribution >= 4 is 33.6 Å². The quantitative estimate of drug-likeness (QED) is 0.282. The second-order valence-electron chi connectivity index (χ2n) is 8.12. The first-order valence-electron chi connectivity index (χ1n) is 11.0. The van der Waals surface area contributed by atoms with Gasteiger partial charge in [0, 0.05) is 15.8 Å². The SMILES string of the molecule is COc1ccccc1Cn1c(=O)c2c(O)c(Sc3ccc(C(F)(F)F)cc3)c(=O)oc2c2ccccc21. The largest absolute Gasteiger partial charge is 0.505 e. The van der Waals surface area contributed by atoms with E-state index in [0.717, 1.165) is 12.1 Å². The highest BCUT2D eigenvalue weighted by atomic mass is 32.2. The second kappa shape index (κ2) is 9.36. The molecule has 0 saturated heterocycles.